The fourth-order valence-corrected chi connectivity index (χ4v) is 0.598. The highest BCUT2D eigenvalue weighted by molar-refractivity contribution is 5.92. The number of rotatable bonds is 1. The van der Waals surface area contributed by atoms with E-state index in [-0.39, 0.29) is 23.8 Å². The van der Waals surface area contributed by atoms with E-state index < -0.39 is 5.97 Å². The lowest BCUT2D eigenvalue weighted by Crippen LogP contribution is -2.03. The third kappa shape index (κ3) is 2.09. The molecule has 0 atom stereocenters. The Morgan fingerprint density at radius 3 is 2.64 bits per heavy atom. The second-order valence-corrected chi connectivity index (χ2v) is 1.74. The van der Waals surface area contributed by atoms with E-state index in [1.54, 1.807) is 0 Å². The Hall–Kier alpha value is -1.29. The summed E-state index contributed by atoms with van der Waals surface area (Å²) < 4.78 is 0. The number of pyridine rings is 1. The molecular weight excluding hydrogens is 168 g/mol. The number of nitrogen functional groups attached to an aromatic ring is 1. The van der Waals surface area contributed by atoms with Crippen LogP contribution in [0.5, 0.6) is 0 Å². The second kappa shape index (κ2) is 3.78. The smallest absolute Gasteiger partial charge is 0.339 e. The highest BCUT2D eigenvalue weighted by Crippen LogP contribution is 2.05. The Morgan fingerprint density at radius 2 is 2.27 bits per heavy atom. The Balaban J connectivity index is 0.000001000. The van der Waals surface area contributed by atoms with Crippen molar-refractivity contribution in [2.75, 3.05) is 5.73 Å². The fourth-order valence-electron chi connectivity index (χ4n) is 0.598. The molecule has 0 aliphatic heterocycles. The maximum Gasteiger partial charge on any atom is 0.339 e. The van der Waals surface area contributed by atoms with Crippen molar-refractivity contribution in [2.24, 2.45) is 0 Å². The lowest BCUT2D eigenvalue weighted by Gasteiger charge is -1.95. The van der Waals surface area contributed by atoms with E-state index in [1.165, 1.54) is 18.3 Å². The molecule has 0 fully saturated rings. The molecule has 0 radical (unpaired) electrons. The summed E-state index contributed by atoms with van der Waals surface area (Å²) in [6.07, 6.45) is 1.45. The molecule has 11 heavy (non-hydrogen) atoms. The molecule has 0 bridgehead atoms. The zero-order valence-corrected chi connectivity index (χ0v) is 6.34. The molecule has 60 valence electrons. The number of anilines is 1. The minimum absolute atomic E-state index is 0. The molecule has 0 saturated carbocycles. The van der Waals surface area contributed by atoms with Crippen LogP contribution in [0.25, 0.3) is 0 Å². The number of aromatic carboxylic acids is 1. The van der Waals surface area contributed by atoms with Gasteiger partial charge in [-0.3, -0.25) is 0 Å². The van der Waals surface area contributed by atoms with Gasteiger partial charge in [0, 0.05) is 6.20 Å². The van der Waals surface area contributed by atoms with Crippen molar-refractivity contribution in [2.45, 2.75) is 0 Å². The number of nitrogens with two attached hydrogens (primary N) is 1. The predicted molar refractivity (Wildman–Crippen MR) is 42.9 cm³/mol. The summed E-state index contributed by atoms with van der Waals surface area (Å²) in [6, 6.07) is 2.94. The molecule has 1 rings (SSSR count). The number of carboxylic acid groups (broad SMARTS) is 1. The molecule has 1 aromatic rings. The molecule has 0 amide bonds. The summed E-state index contributed by atoms with van der Waals surface area (Å²) in [5.74, 6) is -0.999. The van der Waals surface area contributed by atoms with E-state index in [1.807, 2.05) is 0 Å². The predicted octanol–water partition coefficient (Wildman–Crippen LogP) is 0.784. The zero-order valence-electron chi connectivity index (χ0n) is 5.52. The first-order valence-corrected chi connectivity index (χ1v) is 2.65. The molecule has 0 spiro atoms. The molecule has 0 unspecified atom stereocenters. The van der Waals surface area contributed by atoms with Gasteiger partial charge < -0.3 is 10.8 Å². The van der Waals surface area contributed by atoms with E-state index in [9.17, 15) is 4.79 Å². The number of nitrogens with zero attached hydrogens (tertiary/aromatic N) is 1. The van der Waals surface area contributed by atoms with E-state index >= 15 is 0 Å². The monoisotopic (exact) mass is 174 g/mol. The lowest BCUT2D eigenvalue weighted by atomic mass is 10.3. The van der Waals surface area contributed by atoms with Gasteiger partial charge in [-0.25, -0.2) is 9.78 Å². The second-order valence-electron chi connectivity index (χ2n) is 1.74. The summed E-state index contributed by atoms with van der Waals surface area (Å²) in [5, 5.41) is 8.45. The van der Waals surface area contributed by atoms with Crippen molar-refractivity contribution in [3.63, 3.8) is 0 Å². The van der Waals surface area contributed by atoms with Gasteiger partial charge in [0.05, 0.1) is 0 Å². The number of halogens is 1. The van der Waals surface area contributed by atoms with Crippen LogP contribution in [-0.4, -0.2) is 16.1 Å². The van der Waals surface area contributed by atoms with Gasteiger partial charge in [0.25, 0.3) is 0 Å². The van der Waals surface area contributed by atoms with Gasteiger partial charge in [-0.1, -0.05) is 0 Å². The quantitative estimate of drug-likeness (QED) is 0.660. The Kier molecular flexibility index (Phi) is 3.33. The Bertz CT molecular complexity index is 265. The Morgan fingerprint density at radius 1 is 1.64 bits per heavy atom. The third-order valence-electron chi connectivity index (χ3n) is 1.07. The maximum absolute atomic E-state index is 10.3. The van der Waals surface area contributed by atoms with E-state index in [0.29, 0.717) is 0 Å². The van der Waals surface area contributed by atoms with Crippen LogP contribution in [0.3, 0.4) is 0 Å². The fraction of sp³-hybridized carbons (Fsp3) is 0. The van der Waals surface area contributed by atoms with Crippen LogP contribution >= 0.6 is 12.4 Å². The van der Waals surface area contributed by atoms with Gasteiger partial charge in [0.2, 0.25) is 0 Å². The summed E-state index contributed by atoms with van der Waals surface area (Å²) >= 11 is 0. The first-order chi connectivity index (χ1) is 4.72. The van der Waals surface area contributed by atoms with Crippen LogP contribution in [0.1, 0.15) is 10.4 Å². The minimum atomic E-state index is -1.05. The molecule has 0 saturated heterocycles. The van der Waals surface area contributed by atoms with Crippen molar-refractivity contribution >= 4 is 24.2 Å². The largest absolute Gasteiger partial charge is 0.478 e. The van der Waals surface area contributed by atoms with Crippen LogP contribution in [0.4, 0.5) is 5.82 Å². The summed E-state index contributed by atoms with van der Waals surface area (Å²) in [4.78, 5) is 13.9. The van der Waals surface area contributed by atoms with Crippen LogP contribution < -0.4 is 5.73 Å². The summed E-state index contributed by atoms with van der Waals surface area (Å²) in [5.41, 5.74) is 5.27. The van der Waals surface area contributed by atoms with Gasteiger partial charge in [-0.15, -0.1) is 12.4 Å². The van der Waals surface area contributed by atoms with Crippen LogP contribution in [0, 0.1) is 0 Å². The van der Waals surface area contributed by atoms with Crippen molar-refractivity contribution in [1.29, 1.82) is 0 Å². The molecule has 3 N–H and O–H groups in total. The molecule has 1 aromatic heterocycles. The Labute approximate surface area is 69.5 Å². The van der Waals surface area contributed by atoms with Crippen LogP contribution in [-0.2, 0) is 0 Å². The highest BCUT2D eigenvalue weighted by Gasteiger charge is 2.05. The topological polar surface area (TPSA) is 76.2 Å². The van der Waals surface area contributed by atoms with E-state index in [0.717, 1.165) is 0 Å². The van der Waals surface area contributed by atoms with Crippen LogP contribution in [0.15, 0.2) is 18.3 Å². The van der Waals surface area contributed by atoms with E-state index in [4.69, 9.17) is 10.8 Å². The van der Waals surface area contributed by atoms with Crippen LogP contribution in [0.2, 0.25) is 0 Å². The lowest BCUT2D eigenvalue weighted by molar-refractivity contribution is 0.0697. The first kappa shape index (κ1) is 9.71. The molecule has 1 heterocycles. The molecule has 0 aliphatic rings. The number of hydrogen-bond acceptors (Lipinski definition) is 3. The molecule has 5 heteroatoms. The van der Waals surface area contributed by atoms with Gasteiger partial charge in [-0.2, -0.15) is 0 Å². The molecular formula is C6H7ClN2O2. The van der Waals surface area contributed by atoms with Crippen molar-refractivity contribution in [3.05, 3.63) is 23.9 Å². The SMILES string of the molecule is Cl.Nc1ncccc1C(=O)O. The third-order valence-corrected chi connectivity index (χ3v) is 1.07. The highest BCUT2D eigenvalue weighted by atomic mass is 35.5. The van der Waals surface area contributed by atoms with E-state index in [2.05, 4.69) is 4.98 Å². The zero-order chi connectivity index (χ0) is 7.56. The van der Waals surface area contributed by atoms with Gasteiger partial charge in [-0.05, 0) is 12.1 Å². The van der Waals surface area contributed by atoms with Gasteiger partial charge in [0.1, 0.15) is 11.4 Å². The van der Waals surface area contributed by atoms with Gasteiger partial charge in [0.15, 0.2) is 0 Å². The molecule has 4 nitrogen and oxygen atoms in total. The minimum Gasteiger partial charge on any atom is -0.478 e. The standard InChI is InChI=1S/C6H6N2O2.ClH/c7-5-4(6(9)10)2-1-3-8-5;/h1-3H,(H2,7,8)(H,9,10);1H. The normalized spacial score (nSPS) is 8.36. The average Bonchev–Trinajstić information content (AvgIpc) is 1.88. The molecule has 0 aromatic carbocycles. The average molecular weight is 175 g/mol. The molecule has 0 aliphatic carbocycles. The summed E-state index contributed by atoms with van der Waals surface area (Å²) in [7, 11) is 0. The number of hydrogen-bond donors (Lipinski definition) is 2. The maximum atomic E-state index is 10.3. The van der Waals surface area contributed by atoms with Crippen molar-refractivity contribution in [3.8, 4) is 0 Å². The number of aromatic nitrogens is 1. The summed E-state index contributed by atoms with van der Waals surface area (Å²) in [6.45, 7) is 0. The number of carboxylic acids is 1. The van der Waals surface area contributed by atoms with Crippen molar-refractivity contribution < 1.29 is 9.90 Å². The number of carbonyl (C=O) groups is 1. The van der Waals surface area contributed by atoms with Gasteiger partial charge >= 0.3 is 5.97 Å². The first-order valence-electron chi connectivity index (χ1n) is 2.65. The van der Waals surface area contributed by atoms with Crippen molar-refractivity contribution in [1.82, 2.24) is 4.98 Å².